The molecule has 0 fully saturated rings. The second kappa shape index (κ2) is 7.34. The molecule has 1 aliphatic rings. The van der Waals surface area contributed by atoms with Crippen LogP contribution in [0.2, 0.25) is 5.02 Å². The maximum absolute atomic E-state index is 11.9. The van der Waals surface area contributed by atoms with Gasteiger partial charge in [-0.25, -0.2) is 0 Å². The van der Waals surface area contributed by atoms with Crippen LogP contribution in [0.5, 0.6) is 0 Å². The van der Waals surface area contributed by atoms with Crippen molar-refractivity contribution in [3.05, 3.63) is 40.9 Å². The lowest BCUT2D eigenvalue weighted by molar-refractivity contribution is -0.121. The lowest BCUT2D eigenvalue weighted by Gasteiger charge is -2.14. The van der Waals surface area contributed by atoms with Crippen LogP contribution in [0, 0.1) is 0 Å². The molecule has 1 amide bonds. The van der Waals surface area contributed by atoms with E-state index in [9.17, 15) is 4.79 Å². The van der Waals surface area contributed by atoms with Crippen molar-refractivity contribution in [3.8, 4) is 11.4 Å². The highest BCUT2D eigenvalue weighted by Gasteiger charge is 2.10. The monoisotopic (exact) mass is 332 g/mol. The average molecular weight is 333 g/mol. The van der Waals surface area contributed by atoms with Crippen molar-refractivity contribution in [1.29, 1.82) is 0 Å². The summed E-state index contributed by atoms with van der Waals surface area (Å²) < 4.78 is 0. The summed E-state index contributed by atoms with van der Waals surface area (Å²) in [6.07, 6.45) is 3.07. The van der Waals surface area contributed by atoms with Gasteiger partial charge in [0.15, 0.2) is 0 Å². The van der Waals surface area contributed by atoms with E-state index in [1.165, 1.54) is 10.4 Å². The normalized spacial score (nSPS) is 14.4. The SMILES string of the molecule is O=C(Cn1nnc(-c2ccc(Cl)cc2)n1)NCC1=CCNCC1. The van der Waals surface area contributed by atoms with Crippen molar-refractivity contribution in [2.24, 2.45) is 0 Å². The Morgan fingerprint density at radius 2 is 2.17 bits per heavy atom. The zero-order chi connectivity index (χ0) is 16.1. The number of aromatic nitrogens is 4. The van der Waals surface area contributed by atoms with Gasteiger partial charge in [0.1, 0.15) is 6.54 Å². The van der Waals surface area contributed by atoms with Crippen LogP contribution in [0.15, 0.2) is 35.9 Å². The number of carbonyl (C=O) groups excluding carboxylic acids is 1. The summed E-state index contributed by atoms with van der Waals surface area (Å²) in [5.74, 6) is 0.333. The minimum Gasteiger partial charge on any atom is -0.351 e. The van der Waals surface area contributed by atoms with Gasteiger partial charge >= 0.3 is 0 Å². The quantitative estimate of drug-likeness (QED) is 0.799. The maximum Gasteiger partial charge on any atom is 0.243 e. The van der Waals surface area contributed by atoms with Gasteiger partial charge in [-0.1, -0.05) is 23.3 Å². The molecule has 0 atom stereocenters. The molecule has 0 radical (unpaired) electrons. The number of nitrogens with one attached hydrogen (secondary N) is 2. The summed E-state index contributed by atoms with van der Waals surface area (Å²) in [7, 11) is 0. The third kappa shape index (κ3) is 4.37. The van der Waals surface area contributed by atoms with E-state index in [1.807, 2.05) is 12.1 Å². The molecular weight excluding hydrogens is 316 g/mol. The molecular formula is C15H17ClN6O. The fourth-order valence-corrected chi connectivity index (χ4v) is 2.38. The minimum atomic E-state index is -0.135. The van der Waals surface area contributed by atoms with Gasteiger partial charge in [-0.05, 0) is 42.4 Å². The van der Waals surface area contributed by atoms with Gasteiger partial charge in [0, 0.05) is 23.7 Å². The van der Waals surface area contributed by atoms with E-state index in [2.05, 4.69) is 32.1 Å². The summed E-state index contributed by atoms with van der Waals surface area (Å²) in [5, 5.41) is 18.8. The fourth-order valence-electron chi connectivity index (χ4n) is 2.25. The Bertz CT molecular complexity index is 709. The summed E-state index contributed by atoms with van der Waals surface area (Å²) in [6, 6.07) is 7.15. The molecule has 0 aliphatic carbocycles. The summed E-state index contributed by atoms with van der Waals surface area (Å²) >= 11 is 5.85. The Kier molecular flexibility index (Phi) is 4.99. The molecule has 0 bridgehead atoms. The number of tetrazole rings is 1. The number of carbonyl (C=O) groups is 1. The standard InChI is InChI=1S/C15H17ClN6O/c16-13-3-1-12(2-4-13)15-19-21-22(20-15)10-14(23)18-9-11-5-7-17-8-6-11/h1-5,17H,6-10H2,(H,18,23). The molecule has 0 saturated heterocycles. The first-order chi connectivity index (χ1) is 11.2. The van der Waals surface area contributed by atoms with E-state index >= 15 is 0 Å². The lowest BCUT2D eigenvalue weighted by atomic mass is 10.1. The van der Waals surface area contributed by atoms with Crippen molar-refractivity contribution in [2.75, 3.05) is 19.6 Å². The van der Waals surface area contributed by atoms with E-state index < -0.39 is 0 Å². The second-order valence-electron chi connectivity index (χ2n) is 5.24. The molecule has 8 heteroatoms. The Balaban J connectivity index is 1.55. The number of halogens is 1. The highest BCUT2D eigenvalue weighted by molar-refractivity contribution is 6.30. The molecule has 2 N–H and O–H groups in total. The Labute approximate surface area is 138 Å². The first-order valence-electron chi connectivity index (χ1n) is 7.40. The summed E-state index contributed by atoms with van der Waals surface area (Å²) in [4.78, 5) is 13.2. The predicted molar refractivity (Wildman–Crippen MR) is 86.8 cm³/mol. The Hall–Kier alpha value is -2.25. The van der Waals surface area contributed by atoms with Gasteiger partial charge in [0.2, 0.25) is 11.7 Å². The van der Waals surface area contributed by atoms with Gasteiger partial charge < -0.3 is 10.6 Å². The van der Waals surface area contributed by atoms with E-state index in [0.29, 0.717) is 17.4 Å². The molecule has 1 aromatic heterocycles. The largest absolute Gasteiger partial charge is 0.351 e. The Morgan fingerprint density at radius 3 is 2.91 bits per heavy atom. The van der Waals surface area contributed by atoms with Crippen LogP contribution < -0.4 is 10.6 Å². The van der Waals surface area contributed by atoms with E-state index in [4.69, 9.17) is 11.6 Å². The third-order valence-electron chi connectivity index (χ3n) is 3.51. The summed E-state index contributed by atoms with van der Waals surface area (Å²) in [5.41, 5.74) is 2.05. The topological polar surface area (TPSA) is 84.7 Å². The van der Waals surface area contributed by atoms with E-state index in [1.54, 1.807) is 12.1 Å². The first kappa shape index (κ1) is 15.6. The van der Waals surface area contributed by atoms with Crippen LogP contribution in [0.3, 0.4) is 0 Å². The van der Waals surface area contributed by atoms with Crippen molar-refractivity contribution >= 4 is 17.5 Å². The number of nitrogens with zero attached hydrogens (tertiary/aromatic N) is 4. The zero-order valence-corrected chi connectivity index (χ0v) is 13.3. The fraction of sp³-hybridized carbons (Fsp3) is 0.333. The van der Waals surface area contributed by atoms with Crippen molar-refractivity contribution in [2.45, 2.75) is 13.0 Å². The highest BCUT2D eigenvalue weighted by Crippen LogP contribution is 2.16. The molecule has 2 aromatic rings. The molecule has 120 valence electrons. The van der Waals surface area contributed by atoms with Crippen LogP contribution in [0.1, 0.15) is 6.42 Å². The van der Waals surface area contributed by atoms with E-state index in [0.717, 1.165) is 25.1 Å². The van der Waals surface area contributed by atoms with Crippen molar-refractivity contribution < 1.29 is 4.79 Å². The maximum atomic E-state index is 11.9. The minimum absolute atomic E-state index is 0.0477. The molecule has 7 nitrogen and oxygen atoms in total. The highest BCUT2D eigenvalue weighted by atomic mass is 35.5. The van der Waals surface area contributed by atoms with Gasteiger partial charge in [-0.3, -0.25) is 4.79 Å². The van der Waals surface area contributed by atoms with Gasteiger partial charge in [0.25, 0.3) is 0 Å². The molecule has 1 aromatic carbocycles. The van der Waals surface area contributed by atoms with E-state index in [-0.39, 0.29) is 12.5 Å². The lowest BCUT2D eigenvalue weighted by Crippen LogP contribution is -2.32. The van der Waals surface area contributed by atoms with Crippen LogP contribution in [0.25, 0.3) is 11.4 Å². The molecule has 2 heterocycles. The second-order valence-corrected chi connectivity index (χ2v) is 5.68. The average Bonchev–Trinajstić information content (AvgIpc) is 3.03. The van der Waals surface area contributed by atoms with Crippen molar-refractivity contribution in [1.82, 2.24) is 30.8 Å². The molecule has 0 spiro atoms. The van der Waals surface area contributed by atoms with Gasteiger partial charge in [-0.15, -0.1) is 10.2 Å². The molecule has 0 unspecified atom stereocenters. The molecule has 0 saturated carbocycles. The van der Waals surface area contributed by atoms with Crippen LogP contribution >= 0.6 is 11.6 Å². The molecule has 1 aliphatic heterocycles. The smallest absolute Gasteiger partial charge is 0.243 e. The van der Waals surface area contributed by atoms with Crippen LogP contribution in [-0.2, 0) is 11.3 Å². The number of hydrogen-bond donors (Lipinski definition) is 2. The van der Waals surface area contributed by atoms with Crippen LogP contribution in [-0.4, -0.2) is 45.7 Å². The molecule has 3 rings (SSSR count). The predicted octanol–water partition coefficient (Wildman–Crippen LogP) is 1.03. The van der Waals surface area contributed by atoms with Gasteiger partial charge in [0.05, 0.1) is 0 Å². The third-order valence-corrected chi connectivity index (χ3v) is 3.76. The van der Waals surface area contributed by atoms with Crippen LogP contribution in [0.4, 0.5) is 0 Å². The number of benzene rings is 1. The number of amides is 1. The number of rotatable bonds is 5. The van der Waals surface area contributed by atoms with Gasteiger partial charge in [-0.2, -0.15) is 4.80 Å². The number of hydrogen-bond acceptors (Lipinski definition) is 5. The molecule has 23 heavy (non-hydrogen) atoms. The summed E-state index contributed by atoms with van der Waals surface area (Å²) in [6.45, 7) is 2.43. The first-order valence-corrected chi connectivity index (χ1v) is 7.77. The Morgan fingerprint density at radius 1 is 1.35 bits per heavy atom. The zero-order valence-electron chi connectivity index (χ0n) is 12.5. The van der Waals surface area contributed by atoms with Crippen molar-refractivity contribution in [3.63, 3.8) is 0 Å².